The van der Waals surface area contributed by atoms with Gasteiger partial charge in [0.15, 0.2) is 5.75 Å². The number of hydrogen-bond donors (Lipinski definition) is 5. The summed E-state index contributed by atoms with van der Waals surface area (Å²) in [5.41, 5.74) is 7.04. The number of azo groups is 3. The van der Waals surface area contributed by atoms with Crippen LogP contribution in [0.4, 0.5) is 45.5 Å². The first-order valence-electron chi connectivity index (χ1n) is 16.8. The molecule has 0 aliphatic carbocycles. The molecule has 0 unspecified atom stereocenters. The fraction of sp³-hybridized carbons (Fsp3) is 0.103. The predicted molar refractivity (Wildman–Crippen MR) is 214 cm³/mol. The Kier molecular flexibility index (Phi) is 13.3. The quantitative estimate of drug-likeness (QED) is 0.0283. The molecule has 0 aliphatic heterocycles. The topological polar surface area (TPSA) is 221 Å². The summed E-state index contributed by atoms with van der Waals surface area (Å²) in [5.74, 6) is -1.35. The number of nitrogens with zero attached hydrogens (tertiary/aromatic N) is 6. The Balaban J connectivity index is 1.21. The maximum Gasteiger partial charge on any atom is 0.338 e. The van der Waals surface area contributed by atoms with Crippen LogP contribution in [0.5, 0.6) is 5.75 Å². The van der Waals surface area contributed by atoms with E-state index in [-0.39, 0.29) is 22.7 Å². The summed E-state index contributed by atoms with van der Waals surface area (Å²) in [6.07, 6.45) is 0. The summed E-state index contributed by atoms with van der Waals surface area (Å²) in [5, 5.41) is 76.4. The molecule has 18 heteroatoms. The normalized spacial score (nSPS) is 11.8. The molecule has 0 saturated carbocycles. The molecule has 5 N–H and O–H groups in total. The van der Waals surface area contributed by atoms with Gasteiger partial charge >= 0.3 is 5.97 Å². The van der Waals surface area contributed by atoms with Gasteiger partial charge in [-0.3, -0.25) is 0 Å². The number of phenolic OH excluding ortho intramolecular Hbond substituents is 1. The van der Waals surface area contributed by atoms with Crippen LogP contribution in [0.2, 0.25) is 0 Å². The van der Waals surface area contributed by atoms with Gasteiger partial charge in [-0.2, -0.15) is 20.5 Å². The van der Waals surface area contributed by atoms with E-state index < -0.39 is 5.97 Å². The summed E-state index contributed by atoms with van der Waals surface area (Å²) < 4.78 is 9.09. The Morgan fingerprint density at radius 1 is 0.596 bits per heavy atom. The van der Waals surface area contributed by atoms with Crippen LogP contribution in [0.3, 0.4) is 0 Å². The van der Waals surface area contributed by atoms with Crippen molar-refractivity contribution in [2.45, 2.75) is 37.5 Å². The highest BCUT2D eigenvalue weighted by Gasteiger charge is 2.17. The monoisotopic (exact) mass is 807 g/mol. The lowest BCUT2D eigenvalue weighted by atomic mass is 10.1. The maximum absolute atomic E-state index is 11.8. The van der Waals surface area contributed by atoms with Gasteiger partial charge in [0.05, 0.1) is 57.3 Å². The van der Waals surface area contributed by atoms with E-state index in [1.54, 1.807) is 36.4 Å². The molecule has 0 saturated heterocycles. The largest absolute Gasteiger partial charge is 0.505 e. The van der Waals surface area contributed by atoms with Crippen molar-refractivity contribution in [3.8, 4) is 5.75 Å². The number of hydrogen-bond acceptors (Lipinski definition) is 17. The summed E-state index contributed by atoms with van der Waals surface area (Å²) in [7, 11) is 0. The van der Waals surface area contributed by atoms with E-state index in [1.807, 2.05) is 76.2 Å². The van der Waals surface area contributed by atoms with E-state index in [0.29, 0.717) is 67.4 Å². The Morgan fingerprint density at radius 3 is 1.70 bits per heavy atom. The molecule has 290 valence electrons. The van der Waals surface area contributed by atoms with E-state index >= 15 is 0 Å². The van der Waals surface area contributed by atoms with Crippen LogP contribution in [0.25, 0.3) is 10.8 Å². The number of rotatable bonds is 15. The van der Waals surface area contributed by atoms with Gasteiger partial charge in [-0.15, -0.1) is 18.9 Å². The van der Waals surface area contributed by atoms with Crippen LogP contribution in [0, 0.1) is 27.7 Å². The van der Waals surface area contributed by atoms with Crippen LogP contribution in [-0.2, 0) is 18.7 Å². The Labute approximate surface area is 333 Å². The molecule has 6 rings (SSSR count). The van der Waals surface area contributed by atoms with Gasteiger partial charge < -0.3 is 15.5 Å². The summed E-state index contributed by atoms with van der Waals surface area (Å²) in [6, 6.07) is 28.4. The molecule has 0 amide bonds. The van der Waals surface area contributed by atoms with Gasteiger partial charge in [-0.05, 0) is 134 Å². The molecule has 0 spiro atoms. The average Bonchev–Trinajstić information content (AvgIpc) is 3.20. The minimum absolute atomic E-state index is 0.113. The SMILES string of the molecule is Cc1cc(N=Nc2ccc(SOOO)cc2C(=O)O)c(C)cc1N=Nc1cc(C)c(N=Nc2c(SOOO)cc3cc(Nc4ccccc4)ccc3c2O)cc1C. The fourth-order valence-corrected chi connectivity index (χ4v) is 6.43. The van der Waals surface area contributed by atoms with E-state index in [4.69, 9.17) is 14.8 Å². The molecule has 0 radical (unpaired) electrons. The molecule has 16 nitrogen and oxygen atoms in total. The van der Waals surface area contributed by atoms with Crippen molar-refractivity contribution in [3.05, 3.63) is 125 Å². The molecule has 0 aromatic heterocycles. The van der Waals surface area contributed by atoms with Crippen molar-refractivity contribution in [2.75, 3.05) is 5.32 Å². The minimum Gasteiger partial charge on any atom is -0.505 e. The second kappa shape index (κ2) is 18.7. The van der Waals surface area contributed by atoms with Crippen LogP contribution in [0.1, 0.15) is 32.6 Å². The number of phenols is 1. The highest BCUT2D eigenvalue weighted by Crippen LogP contribution is 2.45. The van der Waals surface area contributed by atoms with Gasteiger partial charge in [-0.1, -0.05) is 28.3 Å². The maximum atomic E-state index is 11.8. The van der Waals surface area contributed by atoms with E-state index in [9.17, 15) is 15.0 Å². The molecule has 0 heterocycles. The van der Waals surface area contributed by atoms with Gasteiger partial charge in [0.25, 0.3) is 0 Å². The minimum atomic E-state index is -1.22. The zero-order valence-electron chi connectivity index (χ0n) is 30.6. The van der Waals surface area contributed by atoms with Gasteiger partial charge in [0.1, 0.15) is 11.4 Å². The number of aromatic carboxylic acids is 1. The van der Waals surface area contributed by atoms with Crippen molar-refractivity contribution < 1.29 is 44.3 Å². The first-order valence-corrected chi connectivity index (χ1v) is 18.3. The standard InChI is InChI=1S/C39H33N7O9S2/c1-21-15-33(22(2)14-32(21)42-41-31-13-11-28(56-54-52-50)20-30(31)39(48)49)43-44-34-16-24(4)35(17-23(34)3)45-46-37-36(57-55-53-51)19-25-18-27(10-12-29(25)38(37)47)40-26-8-6-5-7-9-26/h5-20,40,47,50-51H,1-4H3,(H,48,49). The highest BCUT2D eigenvalue weighted by atomic mass is 32.2. The third kappa shape index (κ3) is 10.0. The Morgan fingerprint density at radius 2 is 1.14 bits per heavy atom. The van der Waals surface area contributed by atoms with Crippen molar-refractivity contribution in [1.29, 1.82) is 0 Å². The molecule has 0 fully saturated rings. The Hall–Kier alpha value is -6.09. The molecule has 0 atom stereocenters. The lowest BCUT2D eigenvalue weighted by Crippen LogP contribution is -1.97. The number of para-hydroxylation sites is 1. The zero-order chi connectivity index (χ0) is 40.5. The van der Waals surface area contributed by atoms with Crippen molar-refractivity contribution in [1.82, 2.24) is 0 Å². The zero-order valence-corrected chi connectivity index (χ0v) is 32.2. The fourth-order valence-electron chi connectivity index (χ4n) is 5.53. The predicted octanol–water partition coefficient (Wildman–Crippen LogP) is 13.3. The van der Waals surface area contributed by atoms with Crippen LogP contribution >= 0.6 is 24.1 Å². The first-order chi connectivity index (χ1) is 27.5. The molecule has 6 aromatic carbocycles. The van der Waals surface area contributed by atoms with E-state index in [2.05, 4.69) is 50.4 Å². The molecule has 0 bridgehead atoms. The second-order valence-electron chi connectivity index (χ2n) is 12.4. The van der Waals surface area contributed by atoms with Crippen molar-refractivity contribution in [3.63, 3.8) is 0 Å². The third-order valence-electron chi connectivity index (χ3n) is 8.44. The van der Waals surface area contributed by atoms with E-state index in [1.165, 1.54) is 12.1 Å². The van der Waals surface area contributed by atoms with E-state index in [0.717, 1.165) is 33.6 Å². The van der Waals surface area contributed by atoms with Gasteiger partial charge in [0.2, 0.25) is 0 Å². The number of fused-ring (bicyclic) bond motifs is 1. The summed E-state index contributed by atoms with van der Waals surface area (Å²) >= 11 is 1.29. The number of carboxylic acids is 1. The molecular weight excluding hydrogens is 775 g/mol. The van der Waals surface area contributed by atoms with Crippen LogP contribution < -0.4 is 5.32 Å². The average molecular weight is 808 g/mol. The summed E-state index contributed by atoms with van der Waals surface area (Å²) in [6.45, 7) is 7.38. The number of benzene rings is 6. The number of nitrogens with one attached hydrogen (secondary N) is 1. The molecule has 6 aromatic rings. The smallest absolute Gasteiger partial charge is 0.338 e. The third-order valence-corrected chi connectivity index (χ3v) is 9.64. The van der Waals surface area contributed by atoms with Gasteiger partial charge in [-0.25, -0.2) is 15.3 Å². The Bertz CT molecular complexity index is 2540. The number of anilines is 2. The first kappa shape index (κ1) is 40.6. The highest BCUT2D eigenvalue weighted by molar-refractivity contribution is 7.94. The number of aromatic hydroxyl groups is 1. The number of aryl methyl sites for hydroxylation is 4. The number of carboxylic acid groups (broad SMARTS) is 1. The lowest BCUT2D eigenvalue weighted by Gasteiger charge is -2.12. The van der Waals surface area contributed by atoms with Crippen molar-refractivity contribution in [2.24, 2.45) is 30.7 Å². The molecule has 0 aliphatic rings. The molecule has 57 heavy (non-hydrogen) atoms. The van der Waals surface area contributed by atoms with Crippen LogP contribution in [0.15, 0.2) is 138 Å². The summed E-state index contributed by atoms with van der Waals surface area (Å²) in [4.78, 5) is 12.5. The molecular formula is C39H33N7O9S2. The van der Waals surface area contributed by atoms with Gasteiger partial charge in [0, 0.05) is 21.7 Å². The van der Waals surface area contributed by atoms with Crippen LogP contribution in [-0.4, -0.2) is 26.7 Å². The lowest BCUT2D eigenvalue weighted by molar-refractivity contribution is -0.432. The second-order valence-corrected chi connectivity index (χ2v) is 13.9. The number of carbonyl (C=O) groups is 1. The van der Waals surface area contributed by atoms with Crippen molar-refractivity contribution >= 4 is 86.3 Å².